The molecule has 3 rings (SSSR count). The molecular formula is C13H13Br3ClN3O2. The predicted octanol–water partition coefficient (Wildman–Crippen LogP) is 3.41. The molecule has 1 aromatic carbocycles. The first-order chi connectivity index (χ1) is 10.1. The third-order valence-electron chi connectivity index (χ3n) is 3.52. The summed E-state index contributed by atoms with van der Waals surface area (Å²) in [6.45, 7) is 0.910. The minimum Gasteiger partial charge on any atom is -0.395 e. The van der Waals surface area contributed by atoms with Crippen molar-refractivity contribution < 1.29 is 9.90 Å². The number of carbonyl (C=O) groups excluding carboxylic acids is 1. The van der Waals surface area contributed by atoms with E-state index in [9.17, 15) is 4.79 Å². The standard InChI is InChI=1S/C13H12Br3N3O2.ClH/c14-7-6-2-1-4-19-11(6)10(9(16)8(7)15)18-12(19)13(21)17-3-5-20;/h20H,1-5H2,(H,17,21);1H. The Hall–Kier alpha value is -0.150. The summed E-state index contributed by atoms with van der Waals surface area (Å²) >= 11 is 10.7. The van der Waals surface area contributed by atoms with Crippen LogP contribution in [0.2, 0.25) is 0 Å². The van der Waals surface area contributed by atoms with Crippen LogP contribution in [0.3, 0.4) is 0 Å². The summed E-state index contributed by atoms with van der Waals surface area (Å²) in [5.74, 6) is 0.136. The number of aryl methyl sites for hydroxylation is 2. The number of aromatic nitrogens is 2. The predicted molar refractivity (Wildman–Crippen MR) is 97.8 cm³/mol. The van der Waals surface area contributed by atoms with Crippen molar-refractivity contribution >= 4 is 77.1 Å². The lowest BCUT2D eigenvalue weighted by Crippen LogP contribution is -2.29. The van der Waals surface area contributed by atoms with Crippen molar-refractivity contribution in [2.24, 2.45) is 0 Å². The topological polar surface area (TPSA) is 67.2 Å². The largest absolute Gasteiger partial charge is 0.395 e. The van der Waals surface area contributed by atoms with Crippen molar-refractivity contribution in [3.63, 3.8) is 0 Å². The van der Waals surface area contributed by atoms with Gasteiger partial charge in [-0.15, -0.1) is 12.4 Å². The van der Waals surface area contributed by atoms with E-state index >= 15 is 0 Å². The Kier molecular flexibility index (Phi) is 5.93. The minimum atomic E-state index is -0.257. The zero-order valence-electron chi connectivity index (χ0n) is 11.3. The first-order valence-corrected chi connectivity index (χ1v) is 8.88. The van der Waals surface area contributed by atoms with E-state index in [-0.39, 0.29) is 31.5 Å². The first kappa shape index (κ1) is 18.2. The molecule has 1 aliphatic heterocycles. The van der Waals surface area contributed by atoms with Crippen molar-refractivity contribution in [1.29, 1.82) is 0 Å². The molecule has 1 aliphatic rings. The lowest BCUT2D eigenvalue weighted by Gasteiger charge is -2.19. The summed E-state index contributed by atoms with van der Waals surface area (Å²) in [5, 5.41) is 11.5. The third kappa shape index (κ3) is 2.84. The minimum absolute atomic E-state index is 0. The molecule has 120 valence electrons. The molecule has 0 radical (unpaired) electrons. The maximum atomic E-state index is 12.2. The first-order valence-electron chi connectivity index (χ1n) is 6.51. The number of rotatable bonds is 3. The van der Waals surface area contributed by atoms with Gasteiger partial charge in [-0.2, -0.15) is 0 Å². The fourth-order valence-electron chi connectivity index (χ4n) is 2.63. The Balaban J connectivity index is 0.00000176. The Morgan fingerprint density at radius 3 is 2.68 bits per heavy atom. The summed E-state index contributed by atoms with van der Waals surface area (Å²) in [4.78, 5) is 16.7. The van der Waals surface area contributed by atoms with Crippen LogP contribution in [0.25, 0.3) is 11.0 Å². The summed E-state index contributed by atoms with van der Waals surface area (Å²) in [5.41, 5.74) is 2.95. The third-order valence-corrected chi connectivity index (χ3v) is 7.02. The SMILES string of the molecule is Cl.O=C(NCCO)c1nc2c(Br)c(Br)c(Br)c3c2n1CCC3. The van der Waals surface area contributed by atoms with Crippen LogP contribution in [-0.2, 0) is 13.0 Å². The molecule has 1 aromatic heterocycles. The summed E-state index contributed by atoms with van der Waals surface area (Å²) in [6.07, 6.45) is 1.91. The zero-order valence-corrected chi connectivity index (χ0v) is 16.9. The summed E-state index contributed by atoms with van der Waals surface area (Å²) in [7, 11) is 0. The Morgan fingerprint density at radius 1 is 1.27 bits per heavy atom. The van der Waals surface area contributed by atoms with Gasteiger partial charge in [0.2, 0.25) is 0 Å². The van der Waals surface area contributed by atoms with Gasteiger partial charge in [-0.3, -0.25) is 4.79 Å². The Labute approximate surface area is 158 Å². The zero-order chi connectivity index (χ0) is 15.1. The molecule has 0 saturated heterocycles. The lowest BCUT2D eigenvalue weighted by molar-refractivity contribution is 0.0930. The molecule has 1 amide bonds. The monoisotopic (exact) mass is 515 g/mol. The van der Waals surface area contributed by atoms with Crippen LogP contribution in [0.1, 0.15) is 22.6 Å². The molecular weight excluding hydrogens is 505 g/mol. The lowest BCUT2D eigenvalue weighted by atomic mass is 10.0. The number of nitrogens with one attached hydrogen (secondary N) is 1. The molecule has 2 heterocycles. The summed E-state index contributed by atoms with van der Waals surface area (Å²) in [6, 6.07) is 0. The fraction of sp³-hybridized carbons (Fsp3) is 0.385. The maximum Gasteiger partial charge on any atom is 0.287 e. The van der Waals surface area contributed by atoms with Crippen LogP contribution >= 0.6 is 60.2 Å². The highest BCUT2D eigenvalue weighted by atomic mass is 79.9. The van der Waals surface area contributed by atoms with Gasteiger partial charge in [0, 0.05) is 22.0 Å². The Bertz CT molecular complexity index is 748. The Morgan fingerprint density at radius 2 is 2.00 bits per heavy atom. The van der Waals surface area contributed by atoms with E-state index in [1.807, 2.05) is 4.57 Å². The highest BCUT2D eigenvalue weighted by Gasteiger charge is 2.27. The molecule has 2 N–H and O–H groups in total. The van der Waals surface area contributed by atoms with Gasteiger partial charge in [0.1, 0.15) is 5.52 Å². The van der Waals surface area contributed by atoms with Gasteiger partial charge in [-0.05, 0) is 66.2 Å². The smallest absolute Gasteiger partial charge is 0.287 e. The van der Waals surface area contributed by atoms with Crippen molar-refractivity contribution in [2.75, 3.05) is 13.2 Å². The second-order valence-corrected chi connectivity index (χ2v) is 7.17. The van der Waals surface area contributed by atoms with E-state index < -0.39 is 0 Å². The quantitative estimate of drug-likeness (QED) is 0.613. The van der Waals surface area contributed by atoms with E-state index in [0.29, 0.717) is 5.82 Å². The van der Waals surface area contributed by atoms with Crippen LogP contribution in [0.15, 0.2) is 13.4 Å². The number of amides is 1. The van der Waals surface area contributed by atoms with Crippen LogP contribution in [-0.4, -0.2) is 33.7 Å². The van der Waals surface area contributed by atoms with Crippen LogP contribution in [0, 0.1) is 0 Å². The van der Waals surface area contributed by atoms with Crippen LogP contribution in [0.5, 0.6) is 0 Å². The van der Waals surface area contributed by atoms with Gasteiger partial charge >= 0.3 is 0 Å². The molecule has 0 unspecified atom stereocenters. The average molecular weight is 518 g/mol. The summed E-state index contributed by atoms with van der Waals surface area (Å²) < 4.78 is 4.72. The van der Waals surface area contributed by atoms with Crippen LogP contribution < -0.4 is 5.32 Å². The van der Waals surface area contributed by atoms with Gasteiger partial charge in [-0.1, -0.05) is 0 Å². The number of aliphatic hydroxyl groups is 1. The number of hydrogen-bond donors (Lipinski definition) is 2. The highest BCUT2D eigenvalue weighted by Crippen LogP contribution is 2.42. The van der Waals surface area contributed by atoms with E-state index in [1.54, 1.807) is 0 Å². The van der Waals surface area contributed by atoms with Gasteiger partial charge in [-0.25, -0.2) is 4.98 Å². The molecule has 0 fully saturated rings. The van der Waals surface area contributed by atoms with Gasteiger partial charge in [0.05, 0.1) is 16.6 Å². The molecule has 0 atom stereocenters. The van der Waals surface area contributed by atoms with Crippen molar-refractivity contribution in [1.82, 2.24) is 14.9 Å². The molecule has 0 saturated carbocycles. The van der Waals surface area contributed by atoms with E-state index in [2.05, 4.69) is 58.1 Å². The number of nitrogens with zero attached hydrogens (tertiary/aromatic N) is 2. The molecule has 2 aromatic rings. The van der Waals surface area contributed by atoms with Gasteiger partial charge < -0.3 is 15.0 Å². The molecule has 5 nitrogen and oxygen atoms in total. The maximum absolute atomic E-state index is 12.2. The number of imidazole rings is 1. The number of carbonyl (C=O) groups is 1. The number of hydrogen-bond acceptors (Lipinski definition) is 3. The number of benzene rings is 1. The molecule has 9 heteroatoms. The average Bonchev–Trinajstić information content (AvgIpc) is 2.89. The van der Waals surface area contributed by atoms with Gasteiger partial charge in [0.25, 0.3) is 5.91 Å². The van der Waals surface area contributed by atoms with E-state index in [0.717, 1.165) is 43.8 Å². The van der Waals surface area contributed by atoms with Gasteiger partial charge in [0.15, 0.2) is 5.82 Å². The van der Waals surface area contributed by atoms with Crippen LogP contribution in [0.4, 0.5) is 0 Å². The molecule has 22 heavy (non-hydrogen) atoms. The molecule has 0 aliphatic carbocycles. The van der Waals surface area contributed by atoms with Crippen molar-refractivity contribution in [2.45, 2.75) is 19.4 Å². The second-order valence-electron chi connectivity index (χ2n) is 4.79. The number of halogens is 4. The normalized spacial score (nSPS) is 13.1. The van der Waals surface area contributed by atoms with Crippen molar-refractivity contribution in [3.8, 4) is 0 Å². The highest BCUT2D eigenvalue weighted by molar-refractivity contribution is 9.14. The molecule has 0 bridgehead atoms. The second kappa shape index (κ2) is 7.17. The molecule has 0 spiro atoms. The van der Waals surface area contributed by atoms with E-state index in [4.69, 9.17) is 5.11 Å². The number of aliphatic hydroxyl groups excluding tert-OH is 1. The van der Waals surface area contributed by atoms with Crippen molar-refractivity contribution in [3.05, 3.63) is 24.8 Å². The fourth-order valence-corrected chi connectivity index (χ4v) is 4.38. The van der Waals surface area contributed by atoms with E-state index in [1.165, 1.54) is 5.56 Å².